The number of carbonyl (C=O) groups is 2. The number of ether oxygens (including phenoxy) is 3. The number of methoxy groups -OCH3 is 2. The lowest BCUT2D eigenvalue weighted by molar-refractivity contribution is -0.143. The Labute approximate surface area is 248 Å². The summed E-state index contributed by atoms with van der Waals surface area (Å²) in [5.41, 5.74) is 1.48. The normalized spacial score (nSPS) is 20.2. The molecule has 0 atom stereocenters. The van der Waals surface area contributed by atoms with Gasteiger partial charge in [0, 0.05) is 6.42 Å². The number of nitriles is 1. The zero-order chi connectivity index (χ0) is 30.1. The van der Waals surface area contributed by atoms with E-state index in [-0.39, 0.29) is 17.8 Å². The van der Waals surface area contributed by atoms with Gasteiger partial charge in [-0.3, -0.25) is 4.79 Å². The molecule has 2 fully saturated rings. The monoisotopic (exact) mass is 571 g/mol. The average Bonchev–Trinajstić information content (AvgIpc) is 3.53. The highest BCUT2D eigenvalue weighted by Crippen LogP contribution is 2.44. The first-order chi connectivity index (χ1) is 20.3. The molecule has 0 unspecified atom stereocenters. The Hall–Kier alpha value is -4.05. The second-order valence-electron chi connectivity index (χ2n) is 11.4. The van der Waals surface area contributed by atoms with Gasteiger partial charge >= 0.3 is 5.97 Å². The largest absolute Gasteiger partial charge is 0.497 e. The van der Waals surface area contributed by atoms with Gasteiger partial charge in [0.2, 0.25) is 0 Å². The minimum atomic E-state index is -0.758. The summed E-state index contributed by atoms with van der Waals surface area (Å²) in [4.78, 5) is 22.1. The fraction of sp³-hybridized carbons (Fsp3) is 0.457. The molecule has 0 radical (unpaired) electrons. The number of aryl methyl sites for hydroxylation is 1. The SMILES string of the molecule is COc1ccc(C2(C#N)CCC(C(=O)O)CC2)cc1OC1CCCC1.COc1ccc2cc(CCC(C)=O)ccc2c1. The smallest absolute Gasteiger partial charge is 0.306 e. The minimum absolute atomic E-state index is 0.213. The molecule has 7 heteroatoms. The minimum Gasteiger partial charge on any atom is -0.497 e. The van der Waals surface area contributed by atoms with Gasteiger partial charge in [-0.15, -0.1) is 0 Å². The van der Waals surface area contributed by atoms with Crippen molar-refractivity contribution in [1.82, 2.24) is 0 Å². The number of benzene rings is 3. The molecule has 0 bridgehead atoms. The molecule has 0 aliphatic heterocycles. The van der Waals surface area contributed by atoms with E-state index in [2.05, 4.69) is 24.3 Å². The number of hydrogen-bond acceptors (Lipinski definition) is 6. The van der Waals surface area contributed by atoms with Crippen LogP contribution in [0.5, 0.6) is 17.2 Å². The van der Waals surface area contributed by atoms with Crippen LogP contribution in [0.1, 0.15) is 75.8 Å². The maximum absolute atomic E-state index is 11.2. The molecule has 0 heterocycles. The predicted octanol–water partition coefficient (Wildman–Crippen LogP) is 7.42. The summed E-state index contributed by atoms with van der Waals surface area (Å²) in [7, 11) is 3.29. The van der Waals surface area contributed by atoms with Crippen molar-refractivity contribution < 1.29 is 28.9 Å². The molecule has 2 aliphatic carbocycles. The van der Waals surface area contributed by atoms with Crippen molar-refractivity contribution in [3.8, 4) is 23.3 Å². The molecule has 7 nitrogen and oxygen atoms in total. The van der Waals surface area contributed by atoms with E-state index in [9.17, 15) is 20.0 Å². The van der Waals surface area contributed by atoms with Crippen LogP contribution in [0.25, 0.3) is 10.8 Å². The summed E-state index contributed by atoms with van der Waals surface area (Å²) in [5, 5.41) is 21.4. The van der Waals surface area contributed by atoms with Crippen molar-refractivity contribution in [1.29, 1.82) is 5.26 Å². The number of carboxylic acid groups (broad SMARTS) is 1. The maximum Gasteiger partial charge on any atom is 0.306 e. The van der Waals surface area contributed by atoms with Crippen LogP contribution in [0.2, 0.25) is 0 Å². The van der Waals surface area contributed by atoms with Crippen molar-refractivity contribution in [2.75, 3.05) is 14.2 Å². The van der Waals surface area contributed by atoms with Gasteiger partial charge in [-0.05, 0) is 111 Å². The molecule has 42 heavy (non-hydrogen) atoms. The Morgan fingerprint density at radius 1 is 0.905 bits per heavy atom. The second-order valence-corrected chi connectivity index (χ2v) is 11.4. The molecular formula is C35H41NO6. The third kappa shape index (κ3) is 7.61. The Kier molecular flexibility index (Phi) is 10.5. The molecular weight excluding hydrogens is 530 g/mol. The molecule has 0 saturated heterocycles. The lowest BCUT2D eigenvalue weighted by atomic mass is 9.67. The van der Waals surface area contributed by atoms with Crippen molar-refractivity contribution >= 4 is 22.5 Å². The summed E-state index contributed by atoms with van der Waals surface area (Å²) in [5.74, 6) is 1.39. The molecule has 0 aromatic heterocycles. The van der Waals surface area contributed by atoms with Crippen molar-refractivity contribution in [2.24, 2.45) is 5.92 Å². The molecule has 0 amide bonds. The van der Waals surface area contributed by atoms with E-state index in [1.165, 1.54) is 23.8 Å². The molecule has 2 saturated carbocycles. The number of carbonyl (C=O) groups excluding carboxylic acids is 1. The van der Waals surface area contributed by atoms with Crippen LogP contribution in [0, 0.1) is 17.2 Å². The number of ketones is 1. The van der Waals surface area contributed by atoms with E-state index in [0.717, 1.165) is 36.0 Å². The van der Waals surface area contributed by atoms with Crippen LogP contribution < -0.4 is 14.2 Å². The third-order valence-corrected chi connectivity index (χ3v) is 8.59. The van der Waals surface area contributed by atoms with Crippen molar-refractivity contribution in [3.63, 3.8) is 0 Å². The number of hydrogen-bond donors (Lipinski definition) is 1. The molecule has 5 rings (SSSR count). The van der Waals surface area contributed by atoms with Gasteiger partial charge in [-0.2, -0.15) is 5.26 Å². The van der Waals surface area contributed by atoms with Gasteiger partial charge in [0.05, 0.1) is 37.7 Å². The second kappa shape index (κ2) is 14.2. The fourth-order valence-electron chi connectivity index (χ4n) is 5.95. The van der Waals surface area contributed by atoms with E-state index in [4.69, 9.17) is 14.2 Å². The highest BCUT2D eigenvalue weighted by atomic mass is 16.5. The van der Waals surface area contributed by atoms with Crippen LogP contribution in [0.4, 0.5) is 0 Å². The summed E-state index contributed by atoms with van der Waals surface area (Å²) in [6, 6.07) is 20.5. The van der Waals surface area contributed by atoms with Gasteiger partial charge in [-0.1, -0.05) is 30.3 Å². The highest BCUT2D eigenvalue weighted by molar-refractivity contribution is 5.84. The number of Topliss-reactive ketones (excluding diaryl/α,β-unsaturated/α-hetero) is 1. The molecule has 1 N–H and O–H groups in total. The van der Waals surface area contributed by atoms with E-state index >= 15 is 0 Å². The van der Waals surface area contributed by atoms with E-state index < -0.39 is 11.4 Å². The van der Waals surface area contributed by atoms with Crippen LogP contribution in [-0.2, 0) is 21.4 Å². The lowest BCUT2D eigenvalue weighted by Gasteiger charge is -2.34. The van der Waals surface area contributed by atoms with Gasteiger partial charge in [0.1, 0.15) is 11.5 Å². The van der Waals surface area contributed by atoms with E-state index in [1.807, 2.05) is 36.4 Å². The molecule has 3 aromatic rings. The molecule has 3 aromatic carbocycles. The number of nitrogens with zero attached hydrogens (tertiary/aromatic N) is 1. The number of carboxylic acids is 1. The number of aliphatic carboxylic acids is 1. The molecule has 2 aliphatic rings. The van der Waals surface area contributed by atoms with Gasteiger partial charge in [0.25, 0.3) is 0 Å². The van der Waals surface area contributed by atoms with E-state index in [0.29, 0.717) is 43.6 Å². The van der Waals surface area contributed by atoms with Crippen molar-refractivity contribution in [3.05, 3.63) is 65.7 Å². The summed E-state index contributed by atoms with van der Waals surface area (Å²) in [6.07, 6.45) is 8.32. The standard InChI is InChI=1S/C20H25NO4.C15H16O2/c1-24-17-7-6-15(12-18(17)25-16-4-2-3-5-16)20(13-21)10-8-14(9-11-20)19(22)23;1-11(16)3-4-12-5-6-14-10-15(17-2)8-7-13(14)9-12/h6-7,12,14,16H,2-5,8-11H2,1H3,(H,22,23);5-10H,3-4H2,1-2H3. The van der Waals surface area contributed by atoms with Gasteiger partial charge in [0.15, 0.2) is 11.5 Å². The fourth-order valence-corrected chi connectivity index (χ4v) is 5.95. The first-order valence-corrected chi connectivity index (χ1v) is 14.8. The Balaban J connectivity index is 0.000000208. The van der Waals surface area contributed by atoms with Crippen LogP contribution in [0.3, 0.4) is 0 Å². The molecule has 0 spiro atoms. The van der Waals surface area contributed by atoms with E-state index in [1.54, 1.807) is 21.1 Å². The Morgan fingerprint density at radius 2 is 1.60 bits per heavy atom. The quantitative estimate of drug-likeness (QED) is 0.285. The average molecular weight is 572 g/mol. The predicted molar refractivity (Wildman–Crippen MR) is 162 cm³/mol. The topological polar surface area (TPSA) is 106 Å². The first kappa shape index (κ1) is 30.9. The Morgan fingerprint density at radius 3 is 2.21 bits per heavy atom. The maximum atomic E-state index is 11.2. The third-order valence-electron chi connectivity index (χ3n) is 8.59. The summed E-state index contributed by atoms with van der Waals surface area (Å²) < 4.78 is 16.8. The van der Waals surface area contributed by atoms with Gasteiger partial charge < -0.3 is 24.1 Å². The summed E-state index contributed by atoms with van der Waals surface area (Å²) in [6.45, 7) is 1.63. The van der Waals surface area contributed by atoms with Crippen LogP contribution >= 0.6 is 0 Å². The number of rotatable bonds is 9. The lowest BCUT2D eigenvalue weighted by Crippen LogP contribution is -2.33. The highest BCUT2D eigenvalue weighted by Gasteiger charge is 2.39. The first-order valence-electron chi connectivity index (χ1n) is 14.8. The van der Waals surface area contributed by atoms with Gasteiger partial charge in [-0.25, -0.2) is 0 Å². The van der Waals surface area contributed by atoms with Crippen LogP contribution in [0.15, 0.2) is 54.6 Å². The zero-order valence-corrected chi connectivity index (χ0v) is 24.9. The zero-order valence-electron chi connectivity index (χ0n) is 24.9. The van der Waals surface area contributed by atoms with Crippen molar-refractivity contribution in [2.45, 2.75) is 82.7 Å². The van der Waals surface area contributed by atoms with Crippen LogP contribution in [-0.4, -0.2) is 37.2 Å². The number of fused-ring (bicyclic) bond motifs is 1. The Bertz CT molecular complexity index is 1430. The molecule has 222 valence electrons. The summed E-state index contributed by atoms with van der Waals surface area (Å²) >= 11 is 0.